The smallest absolute Gasteiger partial charge is 0.417 e. The van der Waals surface area contributed by atoms with E-state index in [1.54, 1.807) is 25.1 Å². The largest absolute Gasteiger partial charge is 0.493 e. The molecule has 0 aliphatic heterocycles. The van der Waals surface area contributed by atoms with E-state index in [4.69, 9.17) is 9.47 Å². The SMILES string of the molecule is COc1ccc(/C(C)=N/Nc2ccc(C(F)(F)F)cn2)cc1OC. The number of methoxy groups -OCH3 is 2. The first-order chi connectivity index (χ1) is 11.3. The number of rotatable bonds is 5. The molecule has 128 valence electrons. The van der Waals surface area contributed by atoms with Gasteiger partial charge in [0.2, 0.25) is 0 Å². The molecule has 1 N–H and O–H groups in total. The summed E-state index contributed by atoms with van der Waals surface area (Å²) < 4.78 is 47.8. The number of nitrogens with one attached hydrogen (secondary N) is 1. The normalized spacial score (nSPS) is 12.0. The van der Waals surface area contributed by atoms with E-state index >= 15 is 0 Å². The number of halogens is 3. The second-order valence-corrected chi connectivity index (χ2v) is 4.81. The Kier molecular flexibility index (Phi) is 5.28. The molecule has 0 saturated carbocycles. The molecule has 0 aliphatic carbocycles. The Bertz CT molecular complexity index is 728. The van der Waals surface area contributed by atoms with Gasteiger partial charge in [-0.2, -0.15) is 18.3 Å². The second kappa shape index (κ2) is 7.20. The van der Waals surface area contributed by atoms with E-state index in [1.807, 2.05) is 0 Å². The van der Waals surface area contributed by atoms with E-state index in [1.165, 1.54) is 20.3 Å². The fourth-order valence-electron chi connectivity index (χ4n) is 1.89. The number of aromatic nitrogens is 1. The predicted octanol–water partition coefficient (Wildman–Crippen LogP) is 3.95. The molecule has 0 fully saturated rings. The first-order valence-electron chi connectivity index (χ1n) is 6.91. The summed E-state index contributed by atoms with van der Waals surface area (Å²) in [6, 6.07) is 7.44. The van der Waals surface area contributed by atoms with Crippen LogP contribution >= 0.6 is 0 Å². The zero-order chi connectivity index (χ0) is 17.7. The fraction of sp³-hybridized carbons (Fsp3) is 0.250. The van der Waals surface area contributed by atoms with Crippen molar-refractivity contribution < 1.29 is 22.6 Å². The predicted molar refractivity (Wildman–Crippen MR) is 84.6 cm³/mol. The third-order valence-electron chi connectivity index (χ3n) is 3.23. The molecule has 0 spiro atoms. The van der Waals surface area contributed by atoms with Gasteiger partial charge in [-0.15, -0.1) is 0 Å². The number of ether oxygens (including phenoxy) is 2. The minimum Gasteiger partial charge on any atom is -0.493 e. The molecule has 1 aromatic heterocycles. The summed E-state index contributed by atoms with van der Waals surface area (Å²) in [7, 11) is 3.06. The van der Waals surface area contributed by atoms with Gasteiger partial charge in [-0.25, -0.2) is 4.98 Å². The summed E-state index contributed by atoms with van der Waals surface area (Å²) in [5.74, 6) is 1.35. The molecule has 1 aromatic carbocycles. The van der Waals surface area contributed by atoms with E-state index in [0.717, 1.165) is 17.8 Å². The maximum Gasteiger partial charge on any atom is 0.417 e. The topological polar surface area (TPSA) is 55.7 Å². The van der Waals surface area contributed by atoms with Gasteiger partial charge in [0.25, 0.3) is 0 Å². The van der Waals surface area contributed by atoms with Crippen LogP contribution in [0.3, 0.4) is 0 Å². The van der Waals surface area contributed by atoms with Crippen molar-refractivity contribution >= 4 is 11.5 Å². The van der Waals surface area contributed by atoms with Crippen molar-refractivity contribution in [2.45, 2.75) is 13.1 Å². The number of alkyl halides is 3. The van der Waals surface area contributed by atoms with Crippen LogP contribution in [0.2, 0.25) is 0 Å². The van der Waals surface area contributed by atoms with Crippen LogP contribution < -0.4 is 14.9 Å². The van der Waals surface area contributed by atoms with Gasteiger partial charge in [0.1, 0.15) is 5.82 Å². The molecular weight excluding hydrogens is 323 g/mol. The van der Waals surface area contributed by atoms with Crippen molar-refractivity contribution in [1.82, 2.24) is 4.98 Å². The first kappa shape index (κ1) is 17.6. The lowest BCUT2D eigenvalue weighted by Crippen LogP contribution is -2.06. The highest BCUT2D eigenvalue weighted by atomic mass is 19.4. The zero-order valence-electron chi connectivity index (χ0n) is 13.3. The highest BCUT2D eigenvalue weighted by Gasteiger charge is 2.30. The Balaban J connectivity index is 2.14. The molecule has 0 bridgehead atoms. The zero-order valence-corrected chi connectivity index (χ0v) is 13.3. The highest BCUT2D eigenvalue weighted by molar-refractivity contribution is 5.99. The Labute approximate surface area is 137 Å². The third kappa shape index (κ3) is 4.15. The van der Waals surface area contributed by atoms with Crippen molar-refractivity contribution in [3.8, 4) is 11.5 Å². The Hall–Kier alpha value is -2.77. The summed E-state index contributed by atoms with van der Waals surface area (Å²) in [5, 5.41) is 4.11. The average Bonchev–Trinajstić information content (AvgIpc) is 2.58. The number of pyridine rings is 1. The van der Waals surface area contributed by atoms with Gasteiger partial charge in [0, 0.05) is 11.8 Å². The quantitative estimate of drug-likeness (QED) is 0.662. The van der Waals surface area contributed by atoms with Gasteiger partial charge in [-0.05, 0) is 37.3 Å². The average molecular weight is 339 g/mol. The van der Waals surface area contributed by atoms with Gasteiger partial charge in [-0.1, -0.05) is 0 Å². The number of nitrogens with zero attached hydrogens (tertiary/aromatic N) is 2. The molecule has 0 unspecified atom stereocenters. The molecule has 0 atom stereocenters. The molecular formula is C16H16F3N3O2. The number of hydrogen-bond acceptors (Lipinski definition) is 5. The van der Waals surface area contributed by atoms with E-state index in [0.29, 0.717) is 17.2 Å². The second-order valence-electron chi connectivity index (χ2n) is 4.81. The Morgan fingerprint density at radius 3 is 2.33 bits per heavy atom. The lowest BCUT2D eigenvalue weighted by Gasteiger charge is -2.10. The van der Waals surface area contributed by atoms with Crippen LogP contribution in [0, 0.1) is 0 Å². The van der Waals surface area contributed by atoms with Crippen LogP contribution in [0.1, 0.15) is 18.1 Å². The molecule has 8 heteroatoms. The van der Waals surface area contributed by atoms with Crippen LogP contribution in [0.15, 0.2) is 41.6 Å². The van der Waals surface area contributed by atoms with Gasteiger partial charge in [0.05, 0.1) is 25.5 Å². The summed E-state index contributed by atoms with van der Waals surface area (Å²) in [5.41, 5.74) is 3.19. The lowest BCUT2D eigenvalue weighted by molar-refractivity contribution is -0.137. The van der Waals surface area contributed by atoms with Crippen molar-refractivity contribution in [2.24, 2.45) is 5.10 Å². The van der Waals surface area contributed by atoms with Crippen LogP contribution in [-0.4, -0.2) is 24.9 Å². The van der Waals surface area contributed by atoms with E-state index in [2.05, 4.69) is 15.5 Å². The molecule has 0 saturated heterocycles. The highest BCUT2D eigenvalue weighted by Crippen LogP contribution is 2.29. The van der Waals surface area contributed by atoms with Crippen molar-refractivity contribution in [1.29, 1.82) is 0 Å². The summed E-state index contributed by atoms with van der Waals surface area (Å²) >= 11 is 0. The van der Waals surface area contributed by atoms with E-state index in [-0.39, 0.29) is 5.82 Å². The molecule has 24 heavy (non-hydrogen) atoms. The third-order valence-corrected chi connectivity index (χ3v) is 3.23. The molecule has 0 aliphatic rings. The van der Waals surface area contributed by atoms with Gasteiger partial charge in [0.15, 0.2) is 11.5 Å². The summed E-state index contributed by atoms with van der Waals surface area (Å²) in [4.78, 5) is 3.69. The van der Waals surface area contributed by atoms with Crippen LogP contribution in [-0.2, 0) is 6.18 Å². The maximum atomic E-state index is 12.5. The minimum atomic E-state index is -4.41. The van der Waals surface area contributed by atoms with Crippen LogP contribution in [0.5, 0.6) is 11.5 Å². The van der Waals surface area contributed by atoms with Crippen LogP contribution in [0.25, 0.3) is 0 Å². The molecule has 2 rings (SSSR count). The van der Waals surface area contributed by atoms with E-state index in [9.17, 15) is 13.2 Å². The van der Waals surface area contributed by atoms with Crippen molar-refractivity contribution in [3.63, 3.8) is 0 Å². The minimum absolute atomic E-state index is 0.211. The number of anilines is 1. The van der Waals surface area contributed by atoms with Crippen molar-refractivity contribution in [3.05, 3.63) is 47.7 Å². The lowest BCUT2D eigenvalue weighted by atomic mass is 10.1. The number of hydrogen-bond donors (Lipinski definition) is 1. The monoisotopic (exact) mass is 339 g/mol. The number of hydrazone groups is 1. The van der Waals surface area contributed by atoms with Crippen LogP contribution in [0.4, 0.5) is 19.0 Å². The van der Waals surface area contributed by atoms with Crippen molar-refractivity contribution in [2.75, 3.05) is 19.6 Å². The molecule has 0 amide bonds. The van der Waals surface area contributed by atoms with E-state index < -0.39 is 11.7 Å². The standard InChI is InChI=1S/C16H16F3N3O2/c1-10(11-4-6-13(23-2)14(8-11)24-3)21-22-15-7-5-12(9-20-15)16(17,18)19/h4-9H,1-3H3,(H,20,22)/b21-10+. The van der Waals surface area contributed by atoms with Gasteiger partial charge in [-0.3, -0.25) is 5.43 Å². The summed E-state index contributed by atoms with van der Waals surface area (Å²) in [6.45, 7) is 1.75. The Morgan fingerprint density at radius 2 is 1.79 bits per heavy atom. The first-order valence-corrected chi connectivity index (χ1v) is 6.91. The summed E-state index contributed by atoms with van der Waals surface area (Å²) in [6.07, 6.45) is -3.66. The molecule has 0 radical (unpaired) electrons. The fourth-order valence-corrected chi connectivity index (χ4v) is 1.89. The molecule has 1 heterocycles. The molecule has 2 aromatic rings. The Morgan fingerprint density at radius 1 is 1.08 bits per heavy atom. The maximum absolute atomic E-state index is 12.5. The van der Waals surface area contributed by atoms with Gasteiger partial charge < -0.3 is 9.47 Å². The molecule has 5 nitrogen and oxygen atoms in total. The number of benzene rings is 1. The van der Waals surface area contributed by atoms with Gasteiger partial charge >= 0.3 is 6.18 Å².